The molecule has 0 aliphatic rings. The Hall–Kier alpha value is -2.09. The van der Waals surface area contributed by atoms with Gasteiger partial charge in [0.1, 0.15) is 10.7 Å². The van der Waals surface area contributed by atoms with Crippen LogP contribution in [0.3, 0.4) is 0 Å². The van der Waals surface area contributed by atoms with E-state index in [0.29, 0.717) is 11.4 Å². The van der Waals surface area contributed by atoms with Crippen molar-refractivity contribution >= 4 is 39.3 Å². The van der Waals surface area contributed by atoms with E-state index in [-0.39, 0.29) is 9.92 Å². The van der Waals surface area contributed by atoms with Crippen LogP contribution in [0.5, 0.6) is 0 Å². The van der Waals surface area contributed by atoms with Gasteiger partial charge in [-0.05, 0) is 36.4 Å². The van der Waals surface area contributed by atoms with Gasteiger partial charge in [-0.1, -0.05) is 11.6 Å². The fourth-order valence-electron chi connectivity index (χ4n) is 1.70. The summed E-state index contributed by atoms with van der Waals surface area (Å²) in [6.07, 6.45) is 4.28. The lowest BCUT2D eigenvalue weighted by Gasteiger charge is -2.14. The normalized spacial score (nSPS) is 12.0. The average molecular weight is 355 g/mol. The number of furan rings is 1. The van der Waals surface area contributed by atoms with Crippen LogP contribution < -0.4 is 5.32 Å². The molecule has 8 heteroatoms. The third-order valence-corrected chi connectivity index (χ3v) is 5.20. The van der Waals surface area contributed by atoms with E-state index >= 15 is 0 Å². The number of sulfonamides is 1. The quantitative estimate of drug-likeness (QED) is 0.837. The molecule has 0 spiro atoms. The third-order valence-electron chi connectivity index (χ3n) is 2.90. The predicted molar refractivity (Wildman–Crippen MR) is 88.7 cm³/mol. The fourth-order valence-corrected chi connectivity index (χ4v) is 3.10. The zero-order valence-corrected chi connectivity index (χ0v) is 14.1. The van der Waals surface area contributed by atoms with Crippen LogP contribution in [0, 0.1) is 0 Å². The monoisotopic (exact) mass is 354 g/mol. The first-order valence-corrected chi connectivity index (χ1v) is 8.37. The number of rotatable bonds is 5. The lowest BCUT2D eigenvalue weighted by Crippen LogP contribution is -2.22. The molecule has 2 rings (SSSR count). The molecular formula is C15H15ClN2O4S. The van der Waals surface area contributed by atoms with E-state index < -0.39 is 15.9 Å². The summed E-state index contributed by atoms with van der Waals surface area (Å²) < 4.78 is 30.5. The van der Waals surface area contributed by atoms with Crippen molar-refractivity contribution in [2.75, 3.05) is 19.4 Å². The van der Waals surface area contributed by atoms with Crippen LogP contribution >= 0.6 is 11.6 Å². The lowest BCUT2D eigenvalue weighted by molar-refractivity contribution is -0.111. The van der Waals surface area contributed by atoms with Gasteiger partial charge >= 0.3 is 0 Å². The van der Waals surface area contributed by atoms with Crippen molar-refractivity contribution < 1.29 is 17.6 Å². The van der Waals surface area contributed by atoms with Gasteiger partial charge in [0.2, 0.25) is 15.9 Å². The fraction of sp³-hybridized carbons (Fsp3) is 0.133. The number of halogens is 1. The highest BCUT2D eigenvalue weighted by Gasteiger charge is 2.21. The molecule has 0 saturated heterocycles. The summed E-state index contributed by atoms with van der Waals surface area (Å²) in [7, 11) is -0.885. The Morgan fingerprint density at radius 3 is 2.65 bits per heavy atom. The van der Waals surface area contributed by atoms with Gasteiger partial charge in [0, 0.05) is 25.9 Å². The second-order valence-corrected chi connectivity index (χ2v) is 7.30. The molecule has 1 aromatic heterocycles. The molecule has 0 radical (unpaired) electrons. The summed E-state index contributed by atoms with van der Waals surface area (Å²) in [5.74, 6) is 0.115. The molecule has 0 atom stereocenters. The number of nitrogens with one attached hydrogen (secondary N) is 1. The van der Waals surface area contributed by atoms with Gasteiger partial charge in [-0.15, -0.1) is 0 Å². The molecular weight excluding hydrogens is 340 g/mol. The second kappa shape index (κ2) is 6.99. The van der Waals surface area contributed by atoms with Gasteiger partial charge in [0.25, 0.3) is 0 Å². The average Bonchev–Trinajstić information content (AvgIpc) is 3.00. The van der Waals surface area contributed by atoms with Crippen LogP contribution in [0.2, 0.25) is 5.02 Å². The number of hydrogen-bond donors (Lipinski definition) is 1. The maximum absolute atomic E-state index is 12.2. The first kappa shape index (κ1) is 17.3. The first-order chi connectivity index (χ1) is 10.8. The van der Waals surface area contributed by atoms with Crippen LogP contribution in [0.15, 0.2) is 52.0 Å². The molecule has 1 amide bonds. The van der Waals surface area contributed by atoms with Crippen LogP contribution in [-0.2, 0) is 14.8 Å². The SMILES string of the molecule is CN(C)S(=O)(=O)c1cc(NC(=O)/C=C/c2ccco2)ccc1Cl. The van der Waals surface area contributed by atoms with Gasteiger partial charge in [0.15, 0.2) is 0 Å². The van der Waals surface area contributed by atoms with Crippen molar-refractivity contribution in [3.8, 4) is 0 Å². The summed E-state index contributed by atoms with van der Waals surface area (Å²) in [4.78, 5) is 11.8. The summed E-state index contributed by atoms with van der Waals surface area (Å²) in [5.41, 5.74) is 0.323. The van der Waals surface area contributed by atoms with Gasteiger partial charge in [-0.2, -0.15) is 0 Å². The molecule has 122 valence electrons. The maximum atomic E-state index is 12.2. The third kappa shape index (κ3) is 4.22. The van der Waals surface area contributed by atoms with E-state index in [1.165, 1.54) is 50.7 Å². The summed E-state index contributed by atoms with van der Waals surface area (Å²) in [6.45, 7) is 0. The van der Waals surface area contributed by atoms with Crippen LogP contribution in [-0.4, -0.2) is 32.7 Å². The van der Waals surface area contributed by atoms with Crippen LogP contribution in [0.25, 0.3) is 6.08 Å². The number of carbonyl (C=O) groups is 1. The molecule has 6 nitrogen and oxygen atoms in total. The molecule has 1 aromatic carbocycles. The smallest absolute Gasteiger partial charge is 0.248 e. The predicted octanol–water partition coefficient (Wildman–Crippen LogP) is 2.84. The van der Waals surface area contributed by atoms with Crippen molar-refractivity contribution in [3.05, 3.63) is 53.5 Å². The number of carbonyl (C=O) groups excluding carboxylic acids is 1. The molecule has 23 heavy (non-hydrogen) atoms. The van der Waals surface area contributed by atoms with Gasteiger partial charge < -0.3 is 9.73 Å². The summed E-state index contributed by atoms with van der Waals surface area (Å²) >= 11 is 5.95. The minimum atomic E-state index is -3.70. The Balaban J connectivity index is 2.20. The number of amides is 1. The molecule has 2 aromatic rings. The largest absolute Gasteiger partial charge is 0.465 e. The Morgan fingerprint density at radius 1 is 1.30 bits per heavy atom. The van der Waals surface area contributed by atoms with E-state index in [2.05, 4.69) is 5.32 Å². The van der Waals surface area contributed by atoms with Crippen molar-refractivity contribution in [2.24, 2.45) is 0 Å². The highest BCUT2D eigenvalue weighted by atomic mass is 35.5. The highest BCUT2D eigenvalue weighted by molar-refractivity contribution is 7.89. The first-order valence-electron chi connectivity index (χ1n) is 6.55. The van der Waals surface area contributed by atoms with E-state index in [0.717, 1.165) is 4.31 Å². The Kier molecular flexibility index (Phi) is 5.25. The standard InChI is InChI=1S/C15H15ClN2O4S/c1-18(2)23(20,21)14-10-11(5-7-13(14)16)17-15(19)8-6-12-4-3-9-22-12/h3-10H,1-2H3,(H,17,19)/b8-6+. The summed E-state index contributed by atoms with van der Waals surface area (Å²) in [5, 5.41) is 2.66. The zero-order chi connectivity index (χ0) is 17.0. The van der Waals surface area contributed by atoms with Crippen molar-refractivity contribution in [2.45, 2.75) is 4.90 Å². The Labute approximate surface area is 139 Å². The van der Waals surface area contributed by atoms with Crippen molar-refractivity contribution in [1.82, 2.24) is 4.31 Å². The van der Waals surface area contributed by atoms with Crippen LogP contribution in [0.1, 0.15) is 5.76 Å². The molecule has 0 saturated carbocycles. The number of anilines is 1. The van der Waals surface area contributed by atoms with Gasteiger partial charge in [0.05, 0.1) is 11.3 Å². The zero-order valence-electron chi connectivity index (χ0n) is 12.5. The second-order valence-electron chi connectivity index (χ2n) is 4.77. The molecule has 1 N–H and O–H groups in total. The number of hydrogen-bond acceptors (Lipinski definition) is 4. The van der Waals surface area contributed by atoms with E-state index in [1.54, 1.807) is 12.1 Å². The molecule has 1 heterocycles. The van der Waals surface area contributed by atoms with Crippen molar-refractivity contribution in [1.29, 1.82) is 0 Å². The number of benzene rings is 1. The maximum Gasteiger partial charge on any atom is 0.248 e. The van der Waals surface area contributed by atoms with Crippen LogP contribution in [0.4, 0.5) is 5.69 Å². The molecule has 0 aliphatic heterocycles. The van der Waals surface area contributed by atoms with Crippen molar-refractivity contribution in [3.63, 3.8) is 0 Å². The molecule has 0 unspecified atom stereocenters. The highest BCUT2D eigenvalue weighted by Crippen LogP contribution is 2.26. The summed E-state index contributed by atoms with van der Waals surface area (Å²) in [6, 6.07) is 7.67. The lowest BCUT2D eigenvalue weighted by atomic mass is 10.3. The van der Waals surface area contributed by atoms with E-state index in [4.69, 9.17) is 16.0 Å². The van der Waals surface area contributed by atoms with Gasteiger partial charge in [-0.25, -0.2) is 12.7 Å². The van der Waals surface area contributed by atoms with Gasteiger partial charge in [-0.3, -0.25) is 4.79 Å². The Morgan fingerprint density at radius 2 is 2.04 bits per heavy atom. The van der Waals surface area contributed by atoms with E-state index in [9.17, 15) is 13.2 Å². The molecule has 0 aliphatic carbocycles. The minimum Gasteiger partial charge on any atom is -0.465 e. The molecule has 0 bridgehead atoms. The molecule has 0 fully saturated rings. The minimum absolute atomic E-state index is 0.0722. The Bertz CT molecular complexity index is 827. The number of nitrogens with zero attached hydrogens (tertiary/aromatic N) is 1. The topological polar surface area (TPSA) is 79.6 Å². The van der Waals surface area contributed by atoms with E-state index in [1.807, 2.05) is 0 Å².